The molecule has 2 heteroatoms. The van der Waals surface area contributed by atoms with Gasteiger partial charge in [0.2, 0.25) is 0 Å². The second-order valence-electron chi connectivity index (χ2n) is 2.13. The summed E-state index contributed by atoms with van der Waals surface area (Å²) in [7, 11) is 1.50. The lowest BCUT2D eigenvalue weighted by Gasteiger charge is -1.98. The Bertz CT molecular complexity index is 197. The van der Waals surface area contributed by atoms with Gasteiger partial charge in [-0.2, -0.15) is 0 Å². The maximum absolute atomic E-state index is 5.45. The first-order valence-electron chi connectivity index (χ1n) is 3.67. The summed E-state index contributed by atoms with van der Waals surface area (Å²) in [5.74, 6) is 0. The molecule has 0 aliphatic rings. The van der Waals surface area contributed by atoms with Crippen LogP contribution in [0.1, 0.15) is 11.1 Å². The summed E-state index contributed by atoms with van der Waals surface area (Å²) in [6.07, 6.45) is 0. The second kappa shape index (κ2) is 5.89. The molecule has 0 aromatic heterocycles. The van der Waals surface area contributed by atoms with E-state index < -0.39 is 0 Å². The van der Waals surface area contributed by atoms with Crippen molar-refractivity contribution in [3.63, 3.8) is 0 Å². The molecule has 2 nitrogen and oxygen atoms in total. The van der Waals surface area contributed by atoms with Gasteiger partial charge in [-0.3, -0.25) is 0 Å². The predicted octanol–water partition coefficient (Wildman–Crippen LogP) is 1.03. The number of hydrogen-bond donors (Lipinski definition) is 2. The topological polar surface area (TPSA) is 52.0 Å². The van der Waals surface area contributed by atoms with E-state index in [0.29, 0.717) is 6.54 Å². The van der Waals surface area contributed by atoms with Crippen LogP contribution in [0, 0.1) is 6.92 Å². The van der Waals surface area contributed by atoms with Gasteiger partial charge in [-0.25, -0.2) is 0 Å². The van der Waals surface area contributed by atoms with Crippen LogP contribution < -0.4 is 11.5 Å². The van der Waals surface area contributed by atoms with Crippen molar-refractivity contribution in [3.05, 3.63) is 35.4 Å². The lowest BCUT2D eigenvalue weighted by Crippen LogP contribution is -1.97. The van der Waals surface area contributed by atoms with Gasteiger partial charge in [0.05, 0.1) is 0 Å². The lowest BCUT2D eigenvalue weighted by atomic mass is 10.1. The third-order valence-corrected chi connectivity index (χ3v) is 1.48. The highest BCUT2D eigenvalue weighted by Gasteiger charge is 1.89. The van der Waals surface area contributed by atoms with Gasteiger partial charge in [-0.05, 0) is 25.1 Å². The number of benzene rings is 1. The molecule has 0 fully saturated rings. The van der Waals surface area contributed by atoms with Gasteiger partial charge in [-0.15, -0.1) is 0 Å². The van der Waals surface area contributed by atoms with Gasteiger partial charge in [0, 0.05) is 6.54 Å². The summed E-state index contributed by atoms with van der Waals surface area (Å²) in [5.41, 5.74) is 12.5. The fraction of sp³-hybridized carbons (Fsp3) is 0.333. The minimum atomic E-state index is 0.646. The largest absolute Gasteiger partial charge is 0.333 e. The molecule has 0 aliphatic heterocycles. The standard InChI is InChI=1S/C8H11N.CH5N/c1-7-4-2-3-5-8(7)6-9;1-2/h2-5H,6,9H2,1H3;2H2,1H3. The number of rotatable bonds is 1. The van der Waals surface area contributed by atoms with Crippen LogP contribution >= 0.6 is 0 Å². The van der Waals surface area contributed by atoms with Crippen LogP contribution in [-0.4, -0.2) is 7.05 Å². The van der Waals surface area contributed by atoms with E-state index >= 15 is 0 Å². The summed E-state index contributed by atoms with van der Waals surface area (Å²) in [4.78, 5) is 0. The van der Waals surface area contributed by atoms with Crippen LogP contribution in [0.5, 0.6) is 0 Å². The van der Waals surface area contributed by atoms with Crippen molar-refractivity contribution >= 4 is 0 Å². The molecule has 1 rings (SSSR count). The monoisotopic (exact) mass is 152 g/mol. The molecule has 0 heterocycles. The number of hydrogen-bond acceptors (Lipinski definition) is 2. The quantitative estimate of drug-likeness (QED) is 0.631. The molecule has 0 amide bonds. The number of nitrogens with two attached hydrogens (primary N) is 2. The zero-order chi connectivity index (χ0) is 8.69. The van der Waals surface area contributed by atoms with Crippen molar-refractivity contribution in [2.75, 3.05) is 7.05 Å². The van der Waals surface area contributed by atoms with Gasteiger partial charge in [0.25, 0.3) is 0 Å². The average molecular weight is 152 g/mol. The maximum Gasteiger partial charge on any atom is 0.0180 e. The Balaban J connectivity index is 0.000000461. The van der Waals surface area contributed by atoms with Crippen LogP contribution in [0.25, 0.3) is 0 Å². The molecule has 0 spiro atoms. The minimum absolute atomic E-state index is 0.646. The molecule has 0 radical (unpaired) electrons. The Hall–Kier alpha value is -0.860. The first-order valence-corrected chi connectivity index (χ1v) is 3.67. The van der Waals surface area contributed by atoms with Crippen LogP contribution in [0.2, 0.25) is 0 Å². The van der Waals surface area contributed by atoms with Crippen LogP contribution in [0.4, 0.5) is 0 Å². The van der Waals surface area contributed by atoms with Crippen molar-refractivity contribution in [2.45, 2.75) is 13.5 Å². The van der Waals surface area contributed by atoms with E-state index in [1.54, 1.807) is 0 Å². The molecule has 0 atom stereocenters. The molecule has 0 aliphatic carbocycles. The smallest absolute Gasteiger partial charge is 0.0180 e. The SMILES string of the molecule is CN.Cc1ccccc1CN. The fourth-order valence-corrected chi connectivity index (χ4v) is 0.839. The normalized spacial score (nSPS) is 8.36. The van der Waals surface area contributed by atoms with E-state index in [0.717, 1.165) is 0 Å². The average Bonchev–Trinajstić information content (AvgIpc) is 2.09. The van der Waals surface area contributed by atoms with E-state index in [4.69, 9.17) is 5.73 Å². The summed E-state index contributed by atoms with van der Waals surface area (Å²) >= 11 is 0. The van der Waals surface area contributed by atoms with Crippen molar-refractivity contribution in [3.8, 4) is 0 Å². The van der Waals surface area contributed by atoms with E-state index in [1.807, 2.05) is 12.1 Å². The van der Waals surface area contributed by atoms with Crippen molar-refractivity contribution in [1.82, 2.24) is 0 Å². The first-order chi connectivity index (χ1) is 5.34. The Morgan fingerprint density at radius 1 is 1.18 bits per heavy atom. The third-order valence-electron chi connectivity index (χ3n) is 1.48. The zero-order valence-electron chi connectivity index (χ0n) is 7.17. The van der Waals surface area contributed by atoms with Crippen LogP contribution in [0.3, 0.4) is 0 Å². The first kappa shape index (κ1) is 10.1. The van der Waals surface area contributed by atoms with Gasteiger partial charge >= 0.3 is 0 Å². The molecule has 0 bridgehead atoms. The van der Waals surface area contributed by atoms with Crippen molar-refractivity contribution in [1.29, 1.82) is 0 Å². The highest BCUT2D eigenvalue weighted by Crippen LogP contribution is 2.04. The Kier molecular flexibility index (Phi) is 5.43. The van der Waals surface area contributed by atoms with Crippen molar-refractivity contribution in [2.24, 2.45) is 11.5 Å². The summed E-state index contributed by atoms with van der Waals surface area (Å²) in [5, 5.41) is 0. The second-order valence-corrected chi connectivity index (χ2v) is 2.13. The number of aryl methyl sites for hydroxylation is 1. The lowest BCUT2D eigenvalue weighted by molar-refractivity contribution is 1.05. The van der Waals surface area contributed by atoms with E-state index in [1.165, 1.54) is 18.2 Å². The molecule has 1 aromatic carbocycles. The Morgan fingerprint density at radius 2 is 1.73 bits per heavy atom. The summed E-state index contributed by atoms with van der Waals surface area (Å²) < 4.78 is 0. The fourth-order valence-electron chi connectivity index (χ4n) is 0.839. The van der Waals surface area contributed by atoms with Gasteiger partial charge in [-0.1, -0.05) is 24.3 Å². The van der Waals surface area contributed by atoms with Crippen LogP contribution in [0.15, 0.2) is 24.3 Å². The summed E-state index contributed by atoms with van der Waals surface area (Å²) in [6, 6.07) is 8.15. The Labute approximate surface area is 68.2 Å². The molecule has 62 valence electrons. The van der Waals surface area contributed by atoms with Gasteiger partial charge < -0.3 is 11.5 Å². The zero-order valence-corrected chi connectivity index (χ0v) is 7.17. The highest BCUT2D eigenvalue weighted by molar-refractivity contribution is 5.24. The van der Waals surface area contributed by atoms with E-state index in [-0.39, 0.29) is 0 Å². The molecule has 0 unspecified atom stereocenters. The van der Waals surface area contributed by atoms with E-state index in [2.05, 4.69) is 24.8 Å². The van der Waals surface area contributed by atoms with Gasteiger partial charge in [0.15, 0.2) is 0 Å². The maximum atomic E-state index is 5.45. The minimum Gasteiger partial charge on any atom is -0.333 e. The molecular weight excluding hydrogens is 136 g/mol. The van der Waals surface area contributed by atoms with E-state index in [9.17, 15) is 0 Å². The molecule has 0 saturated heterocycles. The van der Waals surface area contributed by atoms with Crippen LogP contribution in [-0.2, 0) is 6.54 Å². The van der Waals surface area contributed by atoms with Crippen molar-refractivity contribution < 1.29 is 0 Å². The van der Waals surface area contributed by atoms with Gasteiger partial charge in [0.1, 0.15) is 0 Å². The Morgan fingerprint density at radius 3 is 2.09 bits per heavy atom. The molecular formula is C9H16N2. The molecule has 11 heavy (non-hydrogen) atoms. The molecule has 4 N–H and O–H groups in total. The third kappa shape index (κ3) is 3.16. The molecule has 0 saturated carbocycles. The summed E-state index contributed by atoms with van der Waals surface area (Å²) in [6.45, 7) is 2.72. The highest BCUT2D eigenvalue weighted by atomic mass is 14.5. The molecule has 1 aromatic rings. The predicted molar refractivity (Wildman–Crippen MR) is 49.2 cm³/mol.